The Morgan fingerprint density at radius 1 is 1.35 bits per heavy atom. The number of esters is 1. The van der Waals surface area contributed by atoms with Gasteiger partial charge in [0.15, 0.2) is 0 Å². The second-order valence-electron chi connectivity index (χ2n) is 8.86. The molecule has 0 spiro atoms. The van der Waals surface area contributed by atoms with E-state index in [-0.39, 0.29) is 42.3 Å². The fourth-order valence-corrected chi connectivity index (χ4v) is 5.81. The number of anilines is 1. The van der Waals surface area contributed by atoms with E-state index in [0.29, 0.717) is 28.0 Å². The molecule has 12 heteroatoms. The number of pyridine rings is 1. The van der Waals surface area contributed by atoms with Gasteiger partial charge in [-0.1, -0.05) is 37.0 Å². The van der Waals surface area contributed by atoms with Crippen molar-refractivity contribution >= 4 is 63.6 Å². The Morgan fingerprint density at radius 3 is 2.81 bits per heavy atom. The Kier molecular flexibility index (Phi) is 7.98. The van der Waals surface area contributed by atoms with Gasteiger partial charge in [0, 0.05) is 25.3 Å². The number of rotatable bonds is 7. The van der Waals surface area contributed by atoms with E-state index in [1.165, 1.54) is 10.5 Å². The van der Waals surface area contributed by atoms with Gasteiger partial charge in [-0.05, 0) is 44.9 Å². The minimum absolute atomic E-state index is 0.0869. The Labute approximate surface area is 224 Å². The van der Waals surface area contributed by atoms with Crippen LogP contribution in [-0.4, -0.2) is 68.2 Å². The number of carbonyl (C=O) groups excluding carboxylic acids is 3. The molecule has 10 nitrogen and oxygen atoms in total. The lowest BCUT2D eigenvalue weighted by molar-refractivity contribution is -0.145. The second kappa shape index (κ2) is 11.0. The highest BCUT2D eigenvalue weighted by Crippen LogP contribution is 2.35. The average molecular weight is 544 g/mol. The zero-order valence-corrected chi connectivity index (χ0v) is 22.8. The Bertz CT molecular complexity index is 1370. The molecule has 0 radical (unpaired) electrons. The minimum atomic E-state index is -0.923. The van der Waals surface area contributed by atoms with Crippen LogP contribution in [0.1, 0.15) is 44.7 Å². The van der Waals surface area contributed by atoms with Crippen LogP contribution in [-0.2, 0) is 19.1 Å². The third kappa shape index (κ3) is 5.12. The summed E-state index contributed by atoms with van der Waals surface area (Å²) >= 11 is 6.59. The molecule has 0 bridgehead atoms. The monoisotopic (exact) mass is 543 g/mol. The van der Waals surface area contributed by atoms with E-state index in [2.05, 4.69) is 5.32 Å². The SMILES string of the molecule is CCOC(=O)C[C@H]1C(=O)NCCN1c1nc2c(C)cccn2c(=O)c1/C=C1\SC(=S)N([C@@H](C)CC)C1=O. The van der Waals surface area contributed by atoms with Gasteiger partial charge in [0.25, 0.3) is 11.5 Å². The number of aromatic nitrogens is 2. The first-order chi connectivity index (χ1) is 17.7. The van der Waals surface area contributed by atoms with Crippen molar-refractivity contribution in [2.75, 3.05) is 24.6 Å². The van der Waals surface area contributed by atoms with Crippen molar-refractivity contribution in [3.8, 4) is 0 Å². The molecule has 37 heavy (non-hydrogen) atoms. The molecule has 2 saturated heterocycles. The summed E-state index contributed by atoms with van der Waals surface area (Å²) in [4.78, 5) is 60.6. The average Bonchev–Trinajstić information content (AvgIpc) is 3.14. The van der Waals surface area contributed by atoms with E-state index in [9.17, 15) is 19.2 Å². The van der Waals surface area contributed by atoms with Crippen LogP contribution in [0, 0.1) is 6.92 Å². The fraction of sp³-hybridized carbons (Fsp3) is 0.440. The summed E-state index contributed by atoms with van der Waals surface area (Å²) in [5.41, 5.74) is 0.946. The molecule has 1 N–H and O–H groups in total. The minimum Gasteiger partial charge on any atom is -0.466 e. The van der Waals surface area contributed by atoms with Gasteiger partial charge in [0.2, 0.25) is 5.91 Å². The number of hydrogen-bond donors (Lipinski definition) is 1. The lowest BCUT2D eigenvalue weighted by Crippen LogP contribution is -2.57. The number of thiocarbonyl (C=S) groups is 1. The van der Waals surface area contributed by atoms with E-state index in [1.54, 1.807) is 29.0 Å². The maximum atomic E-state index is 13.8. The first-order valence-corrected chi connectivity index (χ1v) is 13.4. The first kappa shape index (κ1) is 26.8. The van der Waals surface area contributed by atoms with Gasteiger partial charge in [-0.2, -0.15) is 0 Å². The number of nitrogens with zero attached hydrogens (tertiary/aromatic N) is 4. The predicted molar refractivity (Wildman–Crippen MR) is 146 cm³/mol. The molecule has 0 saturated carbocycles. The normalized spacial score (nSPS) is 20.1. The maximum absolute atomic E-state index is 13.8. The summed E-state index contributed by atoms with van der Waals surface area (Å²) in [6, 6.07) is 2.57. The molecule has 196 valence electrons. The number of amides is 2. The number of nitrogens with one attached hydrogen (secondary N) is 1. The number of thioether (sulfide) groups is 1. The molecule has 4 rings (SSSR count). The Morgan fingerprint density at radius 2 is 2.11 bits per heavy atom. The molecule has 2 aliphatic heterocycles. The summed E-state index contributed by atoms with van der Waals surface area (Å²) in [6.45, 7) is 8.23. The molecular formula is C25H29N5O5S2. The summed E-state index contributed by atoms with van der Waals surface area (Å²) in [6.07, 6.45) is 3.64. The van der Waals surface area contributed by atoms with Gasteiger partial charge in [0.1, 0.15) is 21.8 Å². The van der Waals surface area contributed by atoms with E-state index >= 15 is 0 Å². The molecule has 2 aliphatic rings. The van der Waals surface area contributed by atoms with Crippen LogP contribution in [0.5, 0.6) is 0 Å². The predicted octanol–water partition coefficient (Wildman–Crippen LogP) is 2.26. The van der Waals surface area contributed by atoms with Crippen molar-refractivity contribution in [2.45, 2.75) is 52.6 Å². The van der Waals surface area contributed by atoms with Crippen LogP contribution < -0.4 is 15.8 Å². The zero-order chi connectivity index (χ0) is 26.9. The third-order valence-electron chi connectivity index (χ3n) is 6.46. The number of ether oxygens (including phenoxy) is 1. The number of fused-ring (bicyclic) bond motifs is 1. The lowest BCUT2D eigenvalue weighted by Gasteiger charge is -2.36. The number of hydrogen-bond acceptors (Lipinski definition) is 9. The summed E-state index contributed by atoms with van der Waals surface area (Å²) in [5.74, 6) is -0.930. The van der Waals surface area contributed by atoms with E-state index < -0.39 is 17.6 Å². The van der Waals surface area contributed by atoms with Crippen LogP contribution in [0.15, 0.2) is 28.0 Å². The van der Waals surface area contributed by atoms with Crippen LogP contribution >= 0.6 is 24.0 Å². The summed E-state index contributed by atoms with van der Waals surface area (Å²) < 4.78 is 6.93. The molecule has 4 heterocycles. The number of carbonyl (C=O) groups is 3. The molecule has 0 aliphatic carbocycles. The van der Waals surface area contributed by atoms with Crippen molar-refractivity contribution < 1.29 is 19.1 Å². The van der Waals surface area contributed by atoms with Crippen molar-refractivity contribution in [3.05, 3.63) is 44.7 Å². The molecule has 0 aromatic carbocycles. The van der Waals surface area contributed by atoms with Gasteiger partial charge < -0.3 is 15.0 Å². The molecule has 2 aromatic rings. The van der Waals surface area contributed by atoms with Crippen molar-refractivity contribution in [3.63, 3.8) is 0 Å². The molecule has 2 atom stereocenters. The number of aryl methyl sites for hydroxylation is 1. The molecule has 0 unspecified atom stereocenters. The topological polar surface area (TPSA) is 113 Å². The molecule has 2 aromatic heterocycles. The van der Waals surface area contributed by atoms with Crippen LogP contribution in [0.3, 0.4) is 0 Å². The second-order valence-corrected chi connectivity index (χ2v) is 10.5. The van der Waals surface area contributed by atoms with E-state index in [1.807, 2.05) is 26.8 Å². The van der Waals surface area contributed by atoms with Crippen molar-refractivity contribution in [2.24, 2.45) is 0 Å². The van der Waals surface area contributed by atoms with Crippen LogP contribution in [0.25, 0.3) is 11.7 Å². The molecule has 2 fully saturated rings. The first-order valence-electron chi connectivity index (χ1n) is 12.2. The van der Waals surface area contributed by atoms with E-state index in [4.69, 9.17) is 21.9 Å². The van der Waals surface area contributed by atoms with Crippen LogP contribution in [0.4, 0.5) is 5.82 Å². The highest BCUT2D eigenvalue weighted by molar-refractivity contribution is 8.26. The number of piperazine rings is 1. The summed E-state index contributed by atoms with van der Waals surface area (Å²) in [5, 5.41) is 2.78. The van der Waals surface area contributed by atoms with Crippen molar-refractivity contribution in [1.82, 2.24) is 19.6 Å². The van der Waals surface area contributed by atoms with Gasteiger partial charge in [0.05, 0.1) is 23.5 Å². The van der Waals surface area contributed by atoms with Gasteiger partial charge >= 0.3 is 5.97 Å². The highest BCUT2D eigenvalue weighted by atomic mass is 32.2. The third-order valence-corrected chi connectivity index (χ3v) is 7.79. The maximum Gasteiger partial charge on any atom is 0.308 e. The van der Waals surface area contributed by atoms with Gasteiger partial charge in [-0.15, -0.1) is 0 Å². The quantitative estimate of drug-likeness (QED) is 0.319. The largest absolute Gasteiger partial charge is 0.466 e. The molecule has 2 amide bonds. The van der Waals surface area contributed by atoms with Crippen LogP contribution in [0.2, 0.25) is 0 Å². The standard InChI is InChI=1S/C25H29N5O5S2/c1-5-15(4)30-24(34)18(37-25(30)36)12-16-21(27-20-14(3)8-7-10-29(20)23(16)33)28-11-9-26-22(32)17(28)13-19(31)35-6-2/h7-8,10,12,15,17H,5-6,9,11,13H2,1-4H3,(H,26,32)/b18-12-/t15-,17-/m0/s1. The smallest absolute Gasteiger partial charge is 0.308 e. The van der Waals surface area contributed by atoms with Crippen molar-refractivity contribution in [1.29, 1.82) is 0 Å². The lowest BCUT2D eigenvalue weighted by atomic mass is 10.1. The molecular weight excluding hydrogens is 514 g/mol. The zero-order valence-electron chi connectivity index (χ0n) is 21.1. The Hall–Kier alpha value is -3.25. The fourth-order valence-electron chi connectivity index (χ4n) is 4.37. The Balaban J connectivity index is 1.90. The van der Waals surface area contributed by atoms with Gasteiger partial charge in [-0.3, -0.25) is 28.5 Å². The highest BCUT2D eigenvalue weighted by Gasteiger charge is 2.37. The summed E-state index contributed by atoms with van der Waals surface area (Å²) in [7, 11) is 0. The van der Waals surface area contributed by atoms with Gasteiger partial charge in [-0.25, -0.2) is 4.98 Å². The van der Waals surface area contributed by atoms with E-state index in [0.717, 1.165) is 23.7 Å².